The number of aromatic nitrogens is 2. The molecule has 1 aromatic heterocycles. The molecule has 0 N–H and O–H groups in total. The number of hydrogen-bond donors (Lipinski definition) is 0. The van der Waals surface area contributed by atoms with Crippen molar-refractivity contribution in [1.82, 2.24) is 14.7 Å². The molecule has 0 unspecified atom stereocenters. The van der Waals surface area contributed by atoms with Gasteiger partial charge in [0, 0.05) is 31.4 Å². The number of hydrogen-bond acceptors (Lipinski definition) is 4. The van der Waals surface area contributed by atoms with Gasteiger partial charge in [0.15, 0.2) is 11.5 Å². The zero-order valence-corrected chi connectivity index (χ0v) is 13.1. The van der Waals surface area contributed by atoms with Crippen LogP contribution in [0, 0.1) is 0 Å². The second-order valence-electron chi connectivity index (χ2n) is 6.14. The highest BCUT2D eigenvalue weighted by Gasteiger charge is 2.32. The van der Waals surface area contributed by atoms with Crippen molar-refractivity contribution in [2.24, 2.45) is 7.05 Å². The molecule has 120 valence electrons. The maximum Gasteiger partial charge on any atom is 0.231 e. The van der Waals surface area contributed by atoms with E-state index in [0.29, 0.717) is 19.0 Å². The topological polar surface area (TPSA) is 56.6 Å². The van der Waals surface area contributed by atoms with Crippen LogP contribution in [-0.4, -0.2) is 33.4 Å². The third-order valence-electron chi connectivity index (χ3n) is 4.21. The molecule has 1 fully saturated rings. The van der Waals surface area contributed by atoms with Crippen molar-refractivity contribution >= 4 is 5.91 Å². The lowest BCUT2D eigenvalue weighted by Crippen LogP contribution is -2.33. The Kier molecular flexibility index (Phi) is 3.44. The molecule has 0 atom stereocenters. The molecule has 1 saturated carbocycles. The van der Waals surface area contributed by atoms with Crippen LogP contribution in [0.4, 0.5) is 0 Å². The van der Waals surface area contributed by atoms with Crippen molar-refractivity contribution in [3.05, 3.63) is 41.7 Å². The van der Waals surface area contributed by atoms with Crippen molar-refractivity contribution in [3.8, 4) is 11.5 Å². The summed E-state index contributed by atoms with van der Waals surface area (Å²) in [5.74, 6) is 1.62. The predicted octanol–water partition coefficient (Wildman–Crippen LogP) is 1.88. The van der Waals surface area contributed by atoms with Gasteiger partial charge in [0.25, 0.3) is 0 Å². The Bertz CT molecular complexity index is 736. The Morgan fingerprint density at radius 1 is 1.30 bits per heavy atom. The van der Waals surface area contributed by atoms with E-state index in [1.54, 1.807) is 4.68 Å². The standard InChI is InChI=1S/C17H19N3O3/c1-19-9-13(8-18-19)10-20(14-3-4-14)17(21)7-12-2-5-15-16(6-12)23-11-22-15/h2,5-6,8-9,14H,3-4,7,10-11H2,1H3. The minimum Gasteiger partial charge on any atom is -0.454 e. The van der Waals surface area contributed by atoms with Crippen molar-refractivity contribution in [2.45, 2.75) is 31.8 Å². The molecule has 0 saturated heterocycles. The van der Waals surface area contributed by atoms with Crippen LogP contribution in [-0.2, 0) is 24.8 Å². The molecule has 1 aromatic carbocycles. The number of aryl methyl sites for hydroxylation is 1. The van der Waals surface area contributed by atoms with Gasteiger partial charge in [-0.1, -0.05) is 6.07 Å². The van der Waals surface area contributed by atoms with Gasteiger partial charge in [-0.2, -0.15) is 5.10 Å². The summed E-state index contributed by atoms with van der Waals surface area (Å²) in [6.45, 7) is 0.879. The highest BCUT2D eigenvalue weighted by atomic mass is 16.7. The number of nitrogens with zero attached hydrogens (tertiary/aromatic N) is 3. The van der Waals surface area contributed by atoms with Crippen LogP contribution in [0.5, 0.6) is 11.5 Å². The summed E-state index contributed by atoms with van der Waals surface area (Å²) in [4.78, 5) is 14.7. The first kappa shape index (κ1) is 14.1. The van der Waals surface area contributed by atoms with E-state index in [1.165, 1.54) is 0 Å². The number of rotatable bonds is 5. The van der Waals surface area contributed by atoms with Crippen molar-refractivity contribution in [3.63, 3.8) is 0 Å². The van der Waals surface area contributed by atoms with Crippen molar-refractivity contribution in [2.75, 3.05) is 6.79 Å². The minimum atomic E-state index is 0.148. The molecule has 0 spiro atoms. The van der Waals surface area contributed by atoms with Crippen LogP contribution >= 0.6 is 0 Å². The Morgan fingerprint density at radius 3 is 2.87 bits per heavy atom. The molecule has 1 amide bonds. The first-order chi connectivity index (χ1) is 11.2. The Morgan fingerprint density at radius 2 is 2.13 bits per heavy atom. The summed E-state index contributed by atoms with van der Waals surface area (Å²) in [7, 11) is 1.89. The number of carbonyl (C=O) groups excluding carboxylic acids is 1. The average molecular weight is 313 g/mol. The zero-order chi connectivity index (χ0) is 15.8. The molecule has 1 aliphatic carbocycles. The van der Waals surface area contributed by atoms with E-state index in [0.717, 1.165) is 35.5 Å². The van der Waals surface area contributed by atoms with Crippen LogP contribution in [0.1, 0.15) is 24.0 Å². The van der Waals surface area contributed by atoms with Crippen LogP contribution in [0.2, 0.25) is 0 Å². The number of carbonyl (C=O) groups is 1. The Labute approximate surface area is 134 Å². The van der Waals surface area contributed by atoms with Gasteiger partial charge >= 0.3 is 0 Å². The van der Waals surface area contributed by atoms with Gasteiger partial charge in [-0.3, -0.25) is 9.48 Å². The highest BCUT2D eigenvalue weighted by Crippen LogP contribution is 2.33. The maximum absolute atomic E-state index is 12.7. The molecular weight excluding hydrogens is 294 g/mol. The minimum absolute atomic E-state index is 0.148. The molecular formula is C17H19N3O3. The maximum atomic E-state index is 12.7. The molecule has 4 rings (SSSR count). The normalized spacial score (nSPS) is 15.7. The predicted molar refractivity (Wildman–Crippen MR) is 83.0 cm³/mol. The number of amides is 1. The summed E-state index contributed by atoms with van der Waals surface area (Å²) in [5.41, 5.74) is 2.02. The summed E-state index contributed by atoms with van der Waals surface area (Å²) >= 11 is 0. The van der Waals surface area contributed by atoms with Crippen LogP contribution in [0.3, 0.4) is 0 Å². The molecule has 0 bridgehead atoms. The lowest BCUT2D eigenvalue weighted by Gasteiger charge is -2.22. The van der Waals surface area contributed by atoms with Crippen molar-refractivity contribution < 1.29 is 14.3 Å². The fraction of sp³-hybridized carbons (Fsp3) is 0.412. The number of ether oxygens (including phenoxy) is 2. The Hall–Kier alpha value is -2.50. The van der Waals surface area contributed by atoms with Gasteiger partial charge in [-0.25, -0.2) is 0 Å². The highest BCUT2D eigenvalue weighted by molar-refractivity contribution is 5.79. The van der Waals surface area contributed by atoms with Crippen LogP contribution in [0.15, 0.2) is 30.6 Å². The van der Waals surface area contributed by atoms with E-state index in [-0.39, 0.29) is 12.7 Å². The third-order valence-corrected chi connectivity index (χ3v) is 4.21. The second kappa shape index (κ2) is 5.61. The van der Waals surface area contributed by atoms with E-state index >= 15 is 0 Å². The van der Waals surface area contributed by atoms with Crippen LogP contribution in [0.25, 0.3) is 0 Å². The van der Waals surface area contributed by atoms with E-state index in [4.69, 9.17) is 9.47 Å². The summed E-state index contributed by atoms with van der Waals surface area (Å²) in [6, 6.07) is 6.07. The van der Waals surface area contributed by atoms with Gasteiger partial charge < -0.3 is 14.4 Å². The van der Waals surface area contributed by atoms with Gasteiger partial charge in [0.2, 0.25) is 12.7 Å². The van der Waals surface area contributed by atoms with Crippen LogP contribution < -0.4 is 9.47 Å². The molecule has 6 nitrogen and oxygen atoms in total. The largest absolute Gasteiger partial charge is 0.454 e. The van der Waals surface area contributed by atoms with E-state index in [1.807, 2.05) is 42.5 Å². The van der Waals surface area contributed by atoms with Gasteiger partial charge in [0.1, 0.15) is 0 Å². The molecule has 6 heteroatoms. The van der Waals surface area contributed by atoms with E-state index in [2.05, 4.69) is 5.10 Å². The Balaban J connectivity index is 1.47. The lowest BCUT2D eigenvalue weighted by atomic mass is 10.1. The fourth-order valence-corrected chi connectivity index (χ4v) is 2.88. The fourth-order valence-electron chi connectivity index (χ4n) is 2.88. The summed E-state index contributed by atoms with van der Waals surface area (Å²) in [5, 5.41) is 4.18. The molecule has 2 heterocycles. The van der Waals surface area contributed by atoms with Crippen molar-refractivity contribution in [1.29, 1.82) is 0 Å². The first-order valence-electron chi connectivity index (χ1n) is 7.84. The molecule has 1 aliphatic heterocycles. The molecule has 2 aromatic rings. The average Bonchev–Trinajstić information content (AvgIpc) is 3.12. The van der Waals surface area contributed by atoms with E-state index in [9.17, 15) is 4.79 Å². The summed E-state index contributed by atoms with van der Waals surface area (Å²) < 4.78 is 12.5. The number of benzene rings is 1. The molecule has 2 aliphatic rings. The monoisotopic (exact) mass is 313 g/mol. The molecule has 0 radical (unpaired) electrons. The molecule has 23 heavy (non-hydrogen) atoms. The second-order valence-corrected chi connectivity index (χ2v) is 6.14. The first-order valence-corrected chi connectivity index (χ1v) is 7.84. The van der Waals surface area contributed by atoms with E-state index < -0.39 is 0 Å². The summed E-state index contributed by atoms with van der Waals surface area (Å²) in [6.07, 6.45) is 6.35. The quantitative estimate of drug-likeness (QED) is 0.846. The van der Waals surface area contributed by atoms with Gasteiger partial charge in [-0.15, -0.1) is 0 Å². The SMILES string of the molecule is Cn1cc(CN(C(=O)Cc2ccc3c(c2)OCO3)C2CC2)cn1. The van der Waals surface area contributed by atoms with Gasteiger partial charge in [-0.05, 0) is 30.5 Å². The lowest BCUT2D eigenvalue weighted by molar-refractivity contribution is -0.131. The third kappa shape index (κ3) is 3.02. The zero-order valence-electron chi connectivity index (χ0n) is 13.1. The van der Waals surface area contributed by atoms with Gasteiger partial charge in [0.05, 0.1) is 12.6 Å². The number of fused-ring (bicyclic) bond motifs is 1. The smallest absolute Gasteiger partial charge is 0.231 e.